The summed E-state index contributed by atoms with van der Waals surface area (Å²) >= 11 is 0. The average Bonchev–Trinajstić information content (AvgIpc) is 2.65. The summed E-state index contributed by atoms with van der Waals surface area (Å²) in [6.07, 6.45) is 4.65. The molecule has 1 aliphatic rings. The van der Waals surface area contributed by atoms with Crippen LogP contribution in [0.5, 0.6) is 11.5 Å². The molecular weight excluding hydrogens is 334 g/mol. The third kappa shape index (κ3) is 5.25. The van der Waals surface area contributed by atoms with E-state index < -0.39 is 0 Å². The van der Waals surface area contributed by atoms with Gasteiger partial charge in [0.25, 0.3) is 0 Å². The first-order valence-electron chi connectivity index (χ1n) is 8.84. The van der Waals surface area contributed by atoms with Gasteiger partial charge in [-0.3, -0.25) is 9.59 Å². The van der Waals surface area contributed by atoms with Crippen molar-refractivity contribution in [2.24, 2.45) is 5.92 Å². The van der Waals surface area contributed by atoms with Gasteiger partial charge in [-0.25, -0.2) is 0 Å². The molecule has 1 fully saturated rings. The number of hydrogen-bond donors (Lipinski definition) is 0. The highest BCUT2D eigenvalue weighted by molar-refractivity contribution is 5.92. The number of benzene rings is 1. The topological polar surface area (TPSA) is 65.1 Å². The lowest BCUT2D eigenvalue weighted by Crippen LogP contribution is -2.39. The van der Waals surface area contributed by atoms with Gasteiger partial charge in [-0.05, 0) is 50.5 Å². The fourth-order valence-corrected chi connectivity index (χ4v) is 2.91. The summed E-state index contributed by atoms with van der Waals surface area (Å²) in [5.41, 5.74) is 0.857. The molecule has 6 heteroatoms. The minimum Gasteiger partial charge on any atom is -0.493 e. The van der Waals surface area contributed by atoms with Crippen molar-refractivity contribution in [2.75, 3.05) is 27.3 Å². The maximum atomic E-state index is 12.4. The van der Waals surface area contributed by atoms with Gasteiger partial charge in [0.1, 0.15) is 0 Å². The Kier molecular flexibility index (Phi) is 7.06. The number of amides is 1. The second-order valence-electron chi connectivity index (χ2n) is 6.53. The number of methoxy groups -OCH3 is 2. The van der Waals surface area contributed by atoms with Crippen LogP contribution in [0, 0.1) is 5.92 Å². The van der Waals surface area contributed by atoms with Crippen LogP contribution in [-0.4, -0.2) is 50.2 Å². The maximum absolute atomic E-state index is 12.4. The van der Waals surface area contributed by atoms with Gasteiger partial charge in [0.2, 0.25) is 5.91 Å². The van der Waals surface area contributed by atoms with E-state index in [-0.39, 0.29) is 23.9 Å². The monoisotopic (exact) mass is 361 g/mol. The number of esters is 1. The van der Waals surface area contributed by atoms with E-state index in [0.29, 0.717) is 37.4 Å². The fraction of sp³-hybridized carbons (Fsp3) is 0.500. The zero-order valence-corrected chi connectivity index (χ0v) is 15.9. The Morgan fingerprint density at radius 3 is 2.42 bits per heavy atom. The number of likely N-dealkylation sites (tertiary alicyclic amines) is 1. The summed E-state index contributed by atoms with van der Waals surface area (Å²) in [5, 5.41) is 0. The number of rotatable bonds is 6. The molecule has 1 amide bonds. The predicted molar refractivity (Wildman–Crippen MR) is 99.1 cm³/mol. The molecule has 1 aliphatic heterocycles. The summed E-state index contributed by atoms with van der Waals surface area (Å²) in [6, 6.07) is 5.56. The molecule has 0 atom stereocenters. The van der Waals surface area contributed by atoms with Crippen LogP contribution < -0.4 is 9.47 Å². The molecule has 0 radical (unpaired) electrons. The molecule has 1 aromatic rings. The molecule has 1 saturated heterocycles. The molecule has 0 N–H and O–H groups in total. The molecule has 0 unspecified atom stereocenters. The van der Waals surface area contributed by atoms with E-state index in [2.05, 4.69) is 0 Å². The van der Waals surface area contributed by atoms with Gasteiger partial charge in [0.15, 0.2) is 11.5 Å². The van der Waals surface area contributed by atoms with E-state index in [4.69, 9.17) is 14.2 Å². The van der Waals surface area contributed by atoms with Gasteiger partial charge in [0, 0.05) is 19.2 Å². The molecule has 2 rings (SSSR count). The first-order chi connectivity index (χ1) is 12.4. The molecule has 1 heterocycles. The summed E-state index contributed by atoms with van der Waals surface area (Å²) in [4.78, 5) is 25.7. The standard InChI is InChI=1S/C20H27NO5/c1-14(2)26-17-7-5-15(13-18(17)24-3)6-8-19(22)21-11-9-16(10-12-21)20(23)25-4/h5-8,13-14,16H,9-12H2,1-4H3/b8-6+. The van der Waals surface area contributed by atoms with Gasteiger partial charge in [0.05, 0.1) is 26.2 Å². The van der Waals surface area contributed by atoms with E-state index in [1.165, 1.54) is 7.11 Å². The highest BCUT2D eigenvalue weighted by Crippen LogP contribution is 2.29. The van der Waals surface area contributed by atoms with Crippen molar-refractivity contribution in [3.05, 3.63) is 29.8 Å². The number of carbonyl (C=O) groups is 2. The Hall–Kier alpha value is -2.50. The van der Waals surface area contributed by atoms with Gasteiger partial charge >= 0.3 is 5.97 Å². The highest BCUT2D eigenvalue weighted by Gasteiger charge is 2.26. The minimum absolute atomic E-state index is 0.0554. The predicted octanol–water partition coefficient (Wildman–Crippen LogP) is 2.91. The van der Waals surface area contributed by atoms with Crippen LogP contribution in [0.4, 0.5) is 0 Å². The van der Waals surface area contributed by atoms with Gasteiger partial charge < -0.3 is 19.1 Å². The van der Waals surface area contributed by atoms with E-state index in [1.807, 2.05) is 32.0 Å². The molecular formula is C20H27NO5. The van der Waals surface area contributed by atoms with Crippen molar-refractivity contribution in [3.63, 3.8) is 0 Å². The van der Waals surface area contributed by atoms with Gasteiger partial charge in [-0.1, -0.05) is 6.07 Å². The normalized spacial score (nSPS) is 15.3. The van der Waals surface area contributed by atoms with Crippen LogP contribution in [0.2, 0.25) is 0 Å². The van der Waals surface area contributed by atoms with E-state index in [1.54, 1.807) is 24.2 Å². The lowest BCUT2D eigenvalue weighted by Gasteiger charge is -2.29. The largest absolute Gasteiger partial charge is 0.493 e. The molecule has 0 bridgehead atoms. The number of piperidine rings is 1. The Morgan fingerprint density at radius 2 is 1.85 bits per heavy atom. The van der Waals surface area contributed by atoms with Gasteiger partial charge in [-0.15, -0.1) is 0 Å². The Bertz CT molecular complexity index is 660. The first kappa shape index (κ1) is 19.8. The third-order valence-electron chi connectivity index (χ3n) is 4.31. The second-order valence-corrected chi connectivity index (χ2v) is 6.53. The van der Waals surface area contributed by atoms with E-state index in [9.17, 15) is 9.59 Å². The zero-order valence-electron chi connectivity index (χ0n) is 15.9. The van der Waals surface area contributed by atoms with E-state index >= 15 is 0 Å². The molecule has 1 aromatic carbocycles. The zero-order chi connectivity index (χ0) is 19.1. The number of ether oxygens (including phenoxy) is 3. The fourth-order valence-electron chi connectivity index (χ4n) is 2.91. The van der Waals surface area contributed by atoms with Crippen LogP contribution in [0.15, 0.2) is 24.3 Å². The third-order valence-corrected chi connectivity index (χ3v) is 4.31. The Morgan fingerprint density at radius 1 is 1.15 bits per heavy atom. The summed E-state index contributed by atoms with van der Waals surface area (Å²) < 4.78 is 15.8. The Labute approximate surface area is 154 Å². The van der Waals surface area contributed by atoms with Crippen LogP contribution in [-0.2, 0) is 14.3 Å². The highest BCUT2D eigenvalue weighted by atomic mass is 16.5. The summed E-state index contributed by atoms with van der Waals surface area (Å²) in [7, 11) is 2.99. The molecule has 0 aliphatic carbocycles. The quantitative estimate of drug-likeness (QED) is 0.576. The number of nitrogens with zero attached hydrogens (tertiary/aromatic N) is 1. The SMILES string of the molecule is COC(=O)C1CCN(C(=O)/C=C/c2ccc(OC(C)C)c(OC)c2)CC1. The van der Waals surface area contributed by atoms with Crippen LogP contribution in [0.25, 0.3) is 6.08 Å². The number of hydrogen-bond acceptors (Lipinski definition) is 5. The number of carbonyl (C=O) groups excluding carboxylic acids is 2. The molecule has 0 aromatic heterocycles. The smallest absolute Gasteiger partial charge is 0.308 e. The summed E-state index contributed by atoms with van der Waals surface area (Å²) in [5.74, 6) is 0.951. The van der Waals surface area contributed by atoms with Crippen molar-refractivity contribution >= 4 is 18.0 Å². The van der Waals surface area contributed by atoms with Crippen molar-refractivity contribution < 1.29 is 23.8 Å². The van der Waals surface area contributed by atoms with Crippen LogP contribution >= 0.6 is 0 Å². The minimum atomic E-state index is -0.191. The first-order valence-corrected chi connectivity index (χ1v) is 8.84. The summed E-state index contributed by atoms with van der Waals surface area (Å²) in [6.45, 7) is 5.03. The van der Waals surface area contributed by atoms with Crippen molar-refractivity contribution in [2.45, 2.75) is 32.8 Å². The average molecular weight is 361 g/mol. The van der Waals surface area contributed by atoms with Crippen molar-refractivity contribution in [1.82, 2.24) is 4.90 Å². The van der Waals surface area contributed by atoms with Gasteiger partial charge in [-0.2, -0.15) is 0 Å². The van der Waals surface area contributed by atoms with Crippen LogP contribution in [0.1, 0.15) is 32.3 Å². The molecule has 6 nitrogen and oxygen atoms in total. The van der Waals surface area contributed by atoms with Crippen LogP contribution in [0.3, 0.4) is 0 Å². The molecule has 0 spiro atoms. The van der Waals surface area contributed by atoms with Crippen molar-refractivity contribution in [3.8, 4) is 11.5 Å². The van der Waals surface area contributed by atoms with E-state index in [0.717, 1.165) is 5.56 Å². The molecule has 142 valence electrons. The Balaban J connectivity index is 1.97. The lowest BCUT2D eigenvalue weighted by atomic mass is 9.97. The maximum Gasteiger partial charge on any atom is 0.308 e. The second kappa shape index (κ2) is 9.27. The molecule has 26 heavy (non-hydrogen) atoms. The molecule has 0 saturated carbocycles. The van der Waals surface area contributed by atoms with Crippen molar-refractivity contribution in [1.29, 1.82) is 0 Å². The lowest BCUT2D eigenvalue weighted by molar-refractivity contribution is -0.148.